The van der Waals surface area contributed by atoms with E-state index in [1.54, 1.807) is 0 Å². The maximum atomic E-state index is 13.7. The number of hydrogen-bond acceptors (Lipinski definition) is 9. The van der Waals surface area contributed by atoms with Crippen molar-refractivity contribution in [3.8, 4) is 5.75 Å². The lowest BCUT2D eigenvalue weighted by Gasteiger charge is -2.46. The molecule has 0 spiro atoms. The molecule has 0 bridgehead atoms. The lowest BCUT2D eigenvalue weighted by atomic mass is 9.59. The van der Waals surface area contributed by atoms with Crippen molar-refractivity contribution in [3.63, 3.8) is 0 Å². The van der Waals surface area contributed by atoms with Crippen LogP contribution in [0.5, 0.6) is 5.75 Å². The van der Waals surface area contributed by atoms with Crippen LogP contribution in [0.1, 0.15) is 50.3 Å². The standard InChI is InChI=1S/C28H37N3O7/c1-27(2,3)12-31(6)11-14-9-17(30(4)5)16-8-13-7-15-10-18(32)21(26(29)37)25(36)28(15,38)24(35)19(13)23(34)20(16)22(14)33/h9,13,15,33-34,36,38H,7-8,10-12H2,1-6H3,(H2,29,37)/t13-,15+,28+/m1/s1. The Balaban J connectivity index is 1.88. The summed E-state index contributed by atoms with van der Waals surface area (Å²) >= 11 is 0. The van der Waals surface area contributed by atoms with Crippen molar-refractivity contribution >= 4 is 28.9 Å². The number of nitrogens with zero attached hydrogens (tertiary/aromatic N) is 2. The Bertz CT molecular complexity index is 1300. The smallest absolute Gasteiger partial charge is 0.255 e. The number of phenols is 1. The van der Waals surface area contributed by atoms with Crippen molar-refractivity contribution in [3.05, 3.63) is 39.7 Å². The second-order valence-electron chi connectivity index (χ2n) is 12.3. The number of Topliss-reactive ketones (excluding diaryl/α,β-unsaturated/α-hetero) is 2. The topological polar surface area (TPSA) is 165 Å². The number of aromatic hydroxyl groups is 1. The predicted molar refractivity (Wildman–Crippen MR) is 142 cm³/mol. The molecule has 10 nitrogen and oxygen atoms in total. The lowest BCUT2D eigenvalue weighted by Crippen LogP contribution is -2.58. The molecule has 4 rings (SSSR count). The molecular formula is C28H37N3O7. The molecule has 0 unspecified atom stereocenters. The maximum Gasteiger partial charge on any atom is 0.255 e. The first-order chi connectivity index (χ1) is 17.5. The van der Waals surface area contributed by atoms with E-state index in [1.807, 2.05) is 32.1 Å². The number of rotatable bonds is 5. The molecule has 1 aromatic carbocycles. The average molecular weight is 528 g/mol. The van der Waals surface area contributed by atoms with Crippen molar-refractivity contribution in [2.24, 2.45) is 23.0 Å². The molecule has 6 N–H and O–H groups in total. The quantitative estimate of drug-likeness (QED) is 0.360. The number of aliphatic hydroxyl groups is 3. The average Bonchev–Trinajstić information content (AvgIpc) is 2.76. The van der Waals surface area contributed by atoms with Gasteiger partial charge in [0.2, 0.25) is 5.78 Å². The summed E-state index contributed by atoms with van der Waals surface area (Å²) in [6, 6.07) is 1.88. The molecule has 38 heavy (non-hydrogen) atoms. The van der Waals surface area contributed by atoms with Gasteiger partial charge in [0.05, 0.1) is 5.56 Å². The van der Waals surface area contributed by atoms with E-state index in [-0.39, 0.29) is 41.6 Å². The van der Waals surface area contributed by atoms with Gasteiger partial charge in [0.25, 0.3) is 5.91 Å². The summed E-state index contributed by atoms with van der Waals surface area (Å²) < 4.78 is 0. The number of fused-ring (bicyclic) bond motifs is 3. The summed E-state index contributed by atoms with van der Waals surface area (Å²) in [4.78, 5) is 42.0. The molecule has 0 heterocycles. The highest BCUT2D eigenvalue weighted by Crippen LogP contribution is 2.53. The van der Waals surface area contributed by atoms with E-state index in [9.17, 15) is 34.8 Å². The minimum Gasteiger partial charge on any atom is -0.508 e. The summed E-state index contributed by atoms with van der Waals surface area (Å²) in [6.45, 7) is 7.46. The fourth-order valence-corrected chi connectivity index (χ4v) is 6.40. The summed E-state index contributed by atoms with van der Waals surface area (Å²) in [5.74, 6) is -6.23. The largest absolute Gasteiger partial charge is 0.508 e. The number of carbonyl (C=O) groups is 3. The zero-order valence-corrected chi connectivity index (χ0v) is 22.8. The van der Waals surface area contributed by atoms with Crippen LogP contribution in [-0.4, -0.2) is 76.1 Å². The first kappa shape index (κ1) is 27.7. The minimum atomic E-state index is -2.57. The number of hydrogen-bond donors (Lipinski definition) is 5. The molecule has 1 aromatic rings. The number of anilines is 1. The number of nitrogens with two attached hydrogens (primary N) is 1. The molecule has 0 radical (unpaired) electrons. The van der Waals surface area contributed by atoms with Gasteiger partial charge in [-0.2, -0.15) is 0 Å². The summed E-state index contributed by atoms with van der Waals surface area (Å²) in [5.41, 5.74) is 3.86. The molecule has 1 saturated carbocycles. The van der Waals surface area contributed by atoms with E-state index in [0.29, 0.717) is 17.7 Å². The number of benzene rings is 1. The second kappa shape index (κ2) is 9.13. The highest BCUT2D eigenvalue weighted by Gasteiger charge is 2.60. The molecule has 1 fully saturated rings. The zero-order valence-electron chi connectivity index (χ0n) is 22.8. The summed E-state index contributed by atoms with van der Waals surface area (Å²) in [7, 11) is 5.64. The van der Waals surface area contributed by atoms with Crippen LogP contribution in [-0.2, 0) is 27.3 Å². The van der Waals surface area contributed by atoms with E-state index in [0.717, 1.165) is 12.2 Å². The van der Waals surface area contributed by atoms with Gasteiger partial charge in [0.1, 0.15) is 22.8 Å². The van der Waals surface area contributed by atoms with Gasteiger partial charge < -0.3 is 36.0 Å². The molecular weight excluding hydrogens is 490 g/mol. The fourth-order valence-electron chi connectivity index (χ4n) is 6.40. The number of ketones is 2. The third kappa shape index (κ3) is 4.25. The Morgan fingerprint density at radius 3 is 2.32 bits per heavy atom. The number of aliphatic hydroxyl groups excluding tert-OH is 2. The van der Waals surface area contributed by atoms with Crippen LogP contribution in [0.2, 0.25) is 0 Å². The molecule has 206 valence electrons. The number of carbonyl (C=O) groups excluding carboxylic acids is 3. The van der Waals surface area contributed by atoms with Gasteiger partial charge in [0.15, 0.2) is 11.4 Å². The Labute approximate surface area is 222 Å². The summed E-state index contributed by atoms with van der Waals surface area (Å²) in [5, 5.41) is 45.0. The number of amides is 1. The second-order valence-corrected chi connectivity index (χ2v) is 12.3. The van der Waals surface area contributed by atoms with E-state index in [4.69, 9.17) is 5.73 Å². The van der Waals surface area contributed by atoms with E-state index >= 15 is 0 Å². The van der Waals surface area contributed by atoms with Crippen molar-refractivity contribution in [2.45, 2.75) is 52.2 Å². The van der Waals surface area contributed by atoms with Gasteiger partial charge in [-0.05, 0) is 42.9 Å². The van der Waals surface area contributed by atoms with Crippen LogP contribution in [0.15, 0.2) is 23.0 Å². The van der Waals surface area contributed by atoms with Crippen LogP contribution >= 0.6 is 0 Å². The van der Waals surface area contributed by atoms with Crippen molar-refractivity contribution in [2.75, 3.05) is 32.6 Å². The van der Waals surface area contributed by atoms with Crippen molar-refractivity contribution in [1.82, 2.24) is 4.90 Å². The first-order valence-corrected chi connectivity index (χ1v) is 12.7. The maximum absolute atomic E-state index is 13.7. The third-order valence-corrected chi connectivity index (χ3v) is 7.79. The van der Waals surface area contributed by atoms with Gasteiger partial charge in [-0.1, -0.05) is 20.8 Å². The number of primary amides is 1. The monoisotopic (exact) mass is 527 g/mol. The van der Waals surface area contributed by atoms with Crippen LogP contribution < -0.4 is 10.6 Å². The van der Waals surface area contributed by atoms with E-state index < -0.39 is 52.0 Å². The van der Waals surface area contributed by atoms with Crippen molar-refractivity contribution in [1.29, 1.82) is 0 Å². The van der Waals surface area contributed by atoms with Gasteiger partial charge in [-0.25, -0.2) is 0 Å². The highest BCUT2D eigenvalue weighted by atomic mass is 16.3. The van der Waals surface area contributed by atoms with Gasteiger partial charge in [-0.3, -0.25) is 14.4 Å². The Morgan fingerprint density at radius 2 is 1.76 bits per heavy atom. The molecule has 0 aliphatic heterocycles. The Kier molecular flexibility index (Phi) is 6.64. The molecule has 0 aromatic heterocycles. The molecule has 0 saturated heterocycles. The molecule has 3 atom stereocenters. The van der Waals surface area contributed by atoms with Crippen LogP contribution in [0, 0.1) is 17.3 Å². The molecule has 1 amide bonds. The molecule has 3 aliphatic rings. The minimum absolute atomic E-state index is 0.0153. The molecule has 3 aliphatic carbocycles. The Hall–Kier alpha value is -3.37. The van der Waals surface area contributed by atoms with Gasteiger partial charge >= 0.3 is 0 Å². The predicted octanol–water partition coefficient (Wildman–Crippen LogP) is 1.97. The zero-order chi connectivity index (χ0) is 28.5. The van der Waals surface area contributed by atoms with E-state index in [2.05, 4.69) is 25.7 Å². The highest BCUT2D eigenvalue weighted by molar-refractivity contribution is 6.22. The molecule has 10 heteroatoms. The first-order valence-electron chi connectivity index (χ1n) is 12.7. The normalized spacial score (nSPS) is 25.4. The lowest BCUT2D eigenvalue weighted by molar-refractivity contribution is -0.147. The van der Waals surface area contributed by atoms with E-state index in [1.165, 1.54) is 0 Å². The number of phenolic OH excluding ortho intramolecular Hbond substituents is 1. The van der Waals surface area contributed by atoms with Crippen molar-refractivity contribution < 1.29 is 34.8 Å². The van der Waals surface area contributed by atoms with Crippen LogP contribution in [0.3, 0.4) is 0 Å². The van der Waals surface area contributed by atoms with Gasteiger partial charge in [0, 0.05) is 56.3 Å². The fraction of sp³-hybridized carbons (Fsp3) is 0.536. The SMILES string of the molecule is CN(Cc1cc(N(C)C)c2c(c1O)C(O)=C1C(=O)[C@]3(O)C(O)=C(C(N)=O)C(=O)C[C@@H]3C[C@@H]1C2)CC(C)(C)C. The van der Waals surface area contributed by atoms with Crippen LogP contribution in [0.4, 0.5) is 5.69 Å². The van der Waals surface area contributed by atoms with Gasteiger partial charge in [-0.15, -0.1) is 0 Å². The van der Waals surface area contributed by atoms with Crippen LogP contribution in [0.25, 0.3) is 5.76 Å². The third-order valence-electron chi connectivity index (χ3n) is 7.79. The Morgan fingerprint density at radius 1 is 1.13 bits per heavy atom. The summed E-state index contributed by atoms with van der Waals surface area (Å²) in [6.07, 6.45) is 0.0347.